The summed E-state index contributed by atoms with van der Waals surface area (Å²) in [6.45, 7) is 1.95. The molecule has 0 spiro atoms. The van der Waals surface area contributed by atoms with Crippen LogP contribution in [0.5, 0.6) is 0 Å². The van der Waals surface area contributed by atoms with Gasteiger partial charge in [0, 0.05) is 21.4 Å². The molecule has 28 heavy (non-hydrogen) atoms. The van der Waals surface area contributed by atoms with E-state index in [0.717, 1.165) is 28.1 Å². The Hall–Kier alpha value is -2.58. The molecule has 0 heterocycles. The Bertz CT molecular complexity index is 1030. The van der Waals surface area contributed by atoms with E-state index >= 15 is 0 Å². The molecule has 1 atom stereocenters. The number of para-hydroxylation sites is 1. The van der Waals surface area contributed by atoms with Crippen LogP contribution in [0, 0.1) is 18.3 Å². The molecule has 0 fully saturated rings. The van der Waals surface area contributed by atoms with Crippen molar-refractivity contribution in [2.45, 2.75) is 12.8 Å². The van der Waals surface area contributed by atoms with E-state index < -0.39 is 5.92 Å². The van der Waals surface area contributed by atoms with Crippen LogP contribution in [0.3, 0.4) is 0 Å². The lowest BCUT2D eigenvalue weighted by atomic mass is 9.91. The van der Waals surface area contributed by atoms with Gasteiger partial charge in [-0.1, -0.05) is 59.6 Å². The second-order valence-electron chi connectivity index (χ2n) is 6.25. The summed E-state index contributed by atoms with van der Waals surface area (Å²) in [6.07, 6.45) is 0. The molecule has 0 amide bonds. The SMILES string of the molecule is Cc1cc([C@@H](C#N)c2ccc(Cl)cc2)c(Cl)cc1NC(=S)Nc1ccccc1. The minimum absolute atomic E-state index is 0.465. The molecule has 3 aromatic rings. The predicted molar refractivity (Wildman–Crippen MR) is 121 cm³/mol. The summed E-state index contributed by atoms with van der Waals surface area (Å²) < 4.78 is 0. The van der Waals surface area contributed by atoms with Crippen molar-refractivity contribution in [3.63, 3.8) is 0 Å². The maximum absolute atomic E-state index is 9.71. The van der Waals surface area contributed by atoms with Crippen molar-refractivity contribution in [1.29, 1.82) is 5.26 Å². The summed E-state index contributed by atoms with van der Waals surface area (Å²) in [4.78, 5) is 0. The Balaban J connectivity index is 1.83. The molecule has 3 rings (SSSR count). The summed E-state index contributed by atoms with van der Waals surface area (Å²) in [7, 11) is 0. The molecule has 140 valence electrons. The van der Waals surface area contributed by atoms with Crippen LogP contribution in [0.1, 0.15) is 22.6 Å². The molecule has 3 nitrogen and oxygen atoms in total. The van der Waals surface area contributed by atoms with Crippen LogP contribution >= 0.6 is 35.4 Å². The van der Waals surface area contributed by atoms with Gasteiger partial charge in [-0.2, -0.15) is 5.26 Å². The van der Waals surface area contributed by atoms with Crippen LogP contribution in [-0.4, -0.2) is 5.11 Å². The van der Waals surface area contributed by atoms with E-state index in [0.29, 0.717) is 15.2 Å². The van der Waals surface area contributed by atoms with E-state index in [4.69, 9.17) is 35.4 Å². The zero-order chi connectivity index (χ0) is 20.1. The predicted octanol–water partition coefficient (Wildman–Crippen LogP) is 6.77. The Labute approximate surface area is 179 Å². The maximum atomic E-state index is 9.71. The molecule has 0 aliphatic heterocycles. The van der Waals surface area contributed by atoms with E-state index in [1.54, 1.807) is 18.2 Å². The number of thiocarbonyl (C=S) groups is 1. The number of nitriles is 1. The van der Waals surface area contributed by atoms with Crippen LogP contribution in [-0.2, 0) is 0 Å². The zero-order valence-corrected chi connectivity index (χ0v) is 17.4. The molecule has 0 aliphatic rings. The van der Waals surface area contributed by atoms with Gasteiger partial charge in [-0.15, -0.1) is 0 Å². The van der Waals surface area contributed by atoms with Crippen molar-refractivity contribution < 1.29 is 0 Å². The van der Waals surface area contributed by atoms with E-state index in [1.165, 1.54) is 0 Å². The number of hydrogen-bond acceptors (Lipinski definition) is 2. The maximum Gasteiger partial charge on any atom is 0.175 e. The first-order valence-electron chi connectivity index (χ1n) is 8.56. The number of hydrogen-bond donors (Lipinski definition) is 2. The van der Waals surface area contributed by atoms with Gasteiger partial charge in [0.25, 0.3) is 0 Å². The second-order valence-corrected chi connectivity index (χ2v) is 7.50. The lowest BCUT2D eigenvalue weighted by molar-refractivity contribution is 1.03. The quantitative estimate of drug-likeness (QED) is 0.452. The number of nitrogens with zero attached hydrogens (tertiary/aromatic N) is 1. The fourth-order valence-corrected chi connectivity index (χ4v) is 3.47. The van der Waals surface area contributed by atoms with Gasteiger partial charge >= 0.3 is 0 Å². The summed E-state index contributed by atoms with van der Waals surface area (Å²) in [5.74, 6) is -0.480. The van der Waals surface area contributed by atoms with E-state index in [1.807, 2.05) is 55.5 Å². The second kappa shape index (κ2) is 9.07. The minimum atomic E-state index is -0.480. The summed E-state index contributed by atoms with van der Waals surface area (Å²) >= 11 is 17.9. The fraction of sp³-hybridized carbons (Fsp3) is 0.0909. The van der Waals surface area contributed by atoms with Gasteiger partial charge in [0.15, 0.2) is 5.11 Å². The lowest BCUT2D eigenvalue weighted by Gasteiger charge is -2.17. The Morgan fingerprint density at radius 1 is 1.00 bits per heavy atom. The monoisotopic (exact) mass is 425 g/mol. The van der Waals surface area contributed by atoms with Gasteiger partial charge < -0.3 is 10.6 Å². The smallest absolute Gasteiger partial charge is 0.175 e. The van der Waals surface area contributed by atoms with E-state index in [9.17, 15) is 5.26 Å². The van der Waals surface area contributed by atoms with Crippen molar-refractivity contribution in [1.82, 2.24) is 0 Å². The molecule has 6 heteroatoms. The van der Waals surface area contributed by atoms with Gasteiger partial charge in [0.05, 0.1) is 12.0 Å². The molecule has 0 saturated heterocycles. The number of halogens is 2. The highest BCUT2D eigenvalue weighted by molar-refractivity contribution is 7.80. The van der Waals surface area contributed by atoms with Crippen molar-refractivity contribution in [2.75, 3.05) is 10.6 Å². The third kappa shape index (κ3) is 4.82. The van der Waals surface area contributed by atoms with Gasteiger partial charge in [0.2, 0.25) is 0 Å². The number of anilines is 2. The Kier molecular flexibility index (Phi) is 6.53. The molecule has 0 saturated carbocycles. The first-order chi connectivity index (χ1) is 13.5. The largest absolute Gasteiger partial charge is 0.332 e. The standard InChI is InChI=1S/C22H17Cl2N3S/c1-14-11-18(19(13-25)15-7-9-16(23)10-8-15)20(24)12-21(14)27-22(28)26-17-5-3-2-4-6-17/h2-12,19H,1H3,(H2,26,27,28)/t19-/m0/s1. The van der Waals surface area contributed by atoms with Gasteiger partial charge in [-0.05, 0) is 66.2 Å². The highest BCUT2D eigenvalue weighted by Gasteiger charge is 2.18. The zero-order valence-electron chi connectivity index (χ0n) is 15.0. The van der Waals surface area contributed by atoms with Crippen molar-refractivity contribution in [3.8, 4) is 6.07 Å². The topological polar surface area (TPSA) is 47.9 Å². The minimum Gasteiger partial charge on any atom is -0.332 e. The number of rotatable bonds is 4. The number of benzene rings is 3. The molecule has 0 radical (unpaired) electrons. The van der Waals surface area contributed by atoms with Crippen molar-refractivity contribution in [2.24, 2.45) is 0 Å². The third-order valence-corrected chi connectivity index (χ3v) is 5.05. The number of aryl methyl sites for hydroxylation is 1. The fourth-order valence-electron chi connectivity index (χ4n) is 2.84. The summed E-state index contributed by atoms with van der Waals surface area (Å²) in [6, 6.07) is 22.9. The van der Waals surface area contributed by atoms with Crippen molar-refractivity contribution in [3.05, 3.63) is 93.5 Å². The molecular weight excluding hydrogens is 409 g/mol. The highest BCUT2D eigenvalue weighted by Crippen LogP contribution is 2.34. The summed E-state index contributed by atoms with van der Waals surface area (Å²) in [5, 5.41) is 17.6. The Morgan fingerprint density at radius 2 is 1.68 bits per heavy atom. The third-order valence-electron chi connectivity index (χ3n) is 4.27. The van der Waals surface area contributed by atoms with Crippen LogP contribution in [0.25, 0.3) is 0 Å². The first kappa shape index (κ1) is 20.2. The van der Waals surface area contributed by atoms with Crippen LogP contribution in [0.2, 0.25) is 10.0 Å². The molecule has 3 aromatic carbocycles. The average molecular weight is 426 g/mol. The van der Waals surface area contributed by atoms with E-state index in [2.05, 4.69) is 16.7 Å². The molecule has 2 N–H and O–H groups in total. The highest BCUT2D eigenvalue weighted by atomic mass is 35.5. The van der Waals surface area contributed by atoms with Crippen LogP contribution in [0.15, 0.2) is 66.7 Å². The number of nitrogens with one attached hydrogen (secondary N) is 2. The van der Waals surface area contributed by atoms with Crippen molar-refractivity contribution >= 4 is 51.9 Å². The molecule has 0 unspecified atom stereocenters. The Morgan fingerprint density at radius 3 is 2.32 bits per heavy atom. The normalized spacial score (nSPS) is 11.4. The first-order valence-corrected chi connectivity index (χ1v) is 9.72. The van der Waals surface area contributed by atoms with Gasteiger partial charge in [-0.25, -0.2) is 0 Å². The molecular formula is C22H17Cl2N3S. The lowest BCUT2D eigenvalue weighted by Crippen LogP contribution is -2.19. The van der Waals surface area contributed by atoms with Gasteiger partial charge in [-0.3, -0.25) is 0 Å². The average Bonchev–Trinajstić information content (AvgIpc) is 2.68. The molecule has 0 aromatic heterocycles. The van der Waals surface area contributed by atoms with Gasteiger partial charge in [0.1, 0.15) is 0 Å². The van der Waals surface area contributed by atoms with Crippen LogP contribution in [0.4, 0.5) is 11.4 Å². The summed E-state index contributed by atoms with van der Waals surface area (Å²) in [5.41, 5.74) is 4.21. The van der Waals surface area contributed by atoms with E-state index in [-0.39, 0.29) is 0 Å². The molecule has 0 aliphatic carbocycles. The molecule has 0 bridgehead atoms. The van der Waals surface area contributed by atoms with Crippen LogP contribution < -0.4 is 10.6 Å².